The van der Waals surface area contributed by atoms with Crippen LogP contribution in [0.2, 0.25) is 4.47 Å². The van der Waals surface area contributed by atoms with E-state index in [1.54, 1.807) is 0 Å². The predicted octanol–water partition coefficient (Wildman–Crippen LogP) is 2.39. The van der Waals surface area contributed by atoms with Crippen LogP contribution in [-0.4, -0.2) is 16.3 Å². The maximum atomic E-state index is 11.8. The zero-order valence-corrected chi connectivity index (χ0v) is 7.04. The highest BCUT2D eigenvalue weighted by molar-refractivity contribution is 7.15. The van der Waals surface area contributed by atoms with Gasteiger partial charge in [-0.15, -0.1) is 11.3 Å². The van der Waals surface area contributed by atoms with Gasteiger partial charge in [0.25, 0.3) is 0 Å². The lowest BCUT2D eigenvalue weighted by Gasteiger charge is -2.11. The Morgan fingerprint density at radius 2 is 2.17 bits per heavy atom. The summed E-state index contributed by atoms with van der Waals surface area (Å²) in [6, 6.07) is 0. The normalized spacial score (nSPS) is 14.8. The van der Waals surface area contributed by atoms with Gasteiger partial charge in [0.05, 0.1) is 4.88 Å². The summed E-state index contributed by atoms with van der Waals surface area (Å²) in [5.74, 6) is 0. The number of halogens is 4. The zero-order chi connectivity index (χ0) is 9.35. The van der Waals surface area contributed by atoms with Crippen molar-refractivity contribution < 1.29 is 18.3 Å². The van der Waals surface area contributed by atoms with E-state index in [1.807, 2.05) is 0 Å². The lowest BCUT2D eigenvalue weighted by Crippen LogP contribution is -2.18. The minimum absolute atomic E-state index is 0.0201. The van der Waals surface area contributed by atoms with Crippen LogP contribution in [0.25, 0.3) is 0 Å². The van der Waals surface area contributed by atoms with Crippen LogP contribution in [0, 0.1) is 0 Å². The Balaban J connectivity index is 2.85. The van der Waals surface area contributed by atoms with Crippen molar-refractivity contribution in [2.45, 2.75) is 12.3 Å². The highest BCUT2D eigenvalue weighted by Gasteiger charge is 2.40. The maximum absolute atomic E-state index is 11.8. The summed E-state index contributed by atoms with van der Waals surface area (Å²) in [5.41, 5.74) is 0. The van der Waals surface area contributed by atoms with Crippen molar-refractivity contribution in [1.29, 1.82) is 0 Å². The van der Waals surface area contributed by atoms with Gasteiger partial charge in [-0.3, -0.25) is 0 Å². The van der Waals surface area contributed by atoms with Crippen molar-refractivity contribution in [2.24, 2.45) is 0 Å². The first-order chi connectivity index (χ1) is 5.41. The topological polar surface area (TPSA) is 33.1 Å². The molecule has 0 unspecified atom stereocenters. The lowest BCUT2D eigenvalue weighted by molar-refractivity contribution is -0.205. The first-order valence-corrected chi connectivity index (χ1v) is 3.96. The van der Waals surface area contributed by atoms with Gasteiger partial charge in [-0.25, -0.2) is 4.98 Å². The van der Waals surface area contributed by atoms with Gasteiger partial charge in [-0.05, 0) is 0 Å². The maximum Gasteiger partial charge on any atom is 0.419 e. The average molecular weight is 218 g/mol. The molecule has 0 aliphatic rings. The van der Waals surface area contributed by atoms with Gasteiger partial charge in [0, 0.05) is 6.20 Å². The fraction of sp³-hybridized carbons (Fsp3) is 0.400. The van der Waals surface area contributed by atoms with Crippen molar-refractivity contribution in [3.63, 3.8) is 0 Å². The standard InChI is InChI=1S/C5H3ClF3NOS/c6-4-10-1-2(12-4)3(11)5(7,8)9/h1,3,11H/t3-/m1/s1. The number of hydrogen-bond acceptors (Lipinski definition) is 3. The third-order valence-corrected chi connectivity index (χ3v) is 2.24. The molecule has 0 aliphatic heterocycles. The molecule has 1 heterocycles. The second kappa shape index (κ2) is 3.20. The second-order valence-corrected chi connectivity index (χ2v) is 3.60. The molecule has 0 fully saturated rings. The number of rotatable bonds is 1. The van der Waals surface area contributed by atoms with Crippen molar-refractivity contribution in [2.75, 3.05) is 0 Å². The molecule has 0 bridgehead atoms. The molecular formula is C5H3ClF3NOS. The first kappa shape index (κ1) is 9.76. The Bertz CT molecular complexity index is 274. The number of nitrogens with zero attached hydrogens (tertiary/aromatic N) is 1. The van der Waals surface area contributed by atoms with Crippen molar-refractivity contribution >= 4 is 22.9 Å². The fourth-order valence-corrected chi connectivity index (χ4v) is 1.52. The molecule has 0 radical (unpaired) electrons. The molecule has 1 rings (SSSR count). The van der Waals surface area contributed by atoms with Gasteiger partial charge in [0.2, 0.25) is 0 Å². The monoisotopic (exact) mass is 217 g/mol. The summed E-state index contributed by atoms with van der Waals surface area (Å²) >= 11 is 5.89. The molecule has 0 spiro atoms. The van der Waals surface area contributed by atoms with Crippen molar-refractivity contribution in [3.05, 3.63) is 15.5 Å². The Kier molecular flexibility index (Phi) is 2.60. The molecule has 0 saturated heterocycles. The van der Waals surface area contributed by atoms with Crippen LogP contribution in [0.1, 0.15) is 11.0 Å². The largest absolute Gasteiger partial charge is 0.419 e. The van der Waals surface area contributed by atoms with Crippen LogP contribution >= 0.6 is 22.9 Å². The molecule has 12 heavy (non-hydrogen) atoms. The van der Waals surface area contributed by atoms with E-state index in [4.69, 9.17) is 16.7 Å². The highest BCUT2D eigenvalue weighted by atomic mass is 35.5. The molecule has 1 N–H and O–H groups in total. The summed E-state index contributed by atoms with van der Waals surface area (Å²) in [5, 5.41) is 8.66. The van der Waals surface area contributed by atoms with Crippen LogP contribution < -0.4 is 0 Å². The predicted molar refractivity (Wildman–Crippen MR) is 38.1 cm³/mol. The summed E-state index contributed by atoms with van der Waals surface area (Å²) in [6.07, 6.45) is -6.23. The molecule has 2 nitrogen and oxygen atoms in total. The van der Waals surface area contributed by atoms with Gasteiger partial charge < -0.3 is 5.11 Å². The summed E-state index contributed by atoms with van der Waals surface area (Å²) in [6.45, 7) is 0. The summed E-state index contributed by atoms with van der Waals surface area (Å²) in [4.78, 5) is 3.08. The van der Waals surface area contributed by atoms with Crippen LogP contribution in [0.3, 0.4) is 0 Å². The quantitative estimate of drug-likeness (QED) is 0.784. The van der Waals surface area contributed by atoms with E-state index >= 15 is 0 Å². The van der Waals surface area contributed by atoms with Gasteiger partial charge in [-0.1, -0.05) is 11.6 Å². The molecule has 1 aromatic rings. The molecule has 0 saturated carbocycles. The Morgan fingerprint density at radius 3 is 2.50 bits per heavy atom. The van der Waals surface area contributed by atoms with E-state index < -0.39 is 12.3 Å². The molecule has 1 aromatic heterocycles. The molecule has 1 atom stereocenters. The second-order valence-electron chi connectivity index (χ2n) is 1.96. The molecule has 0 aliphatic carbocycles. The molecule has 0 amide bonds. The SMILES string of the molecule is O[C@H](c1cnc(Cl)s1)C(F)(F)F. The number of thiazole rings is 1. The van der Waals surface area contributed by atoms with Gasteiger partial charge in [0.15, 0.2) is 10.6 Å². The van der Waals surface area contributed by atoms with Crippen molar-refractivity contribution in [3.8, 4) is 0 Å². The molecule has 0 aromatic carbocycles. The Hall–Kier alpha value is -0.330. The minimum atomic E-state index is -4.66. The minimum Gasteiger partial charge on any atom is -0.379 e. The van der Waals surface area contributed by atoms with Crippen LogP contribution in [0.15, 0.2) is 6.20 Å². The van der Waals surface area contributed by atoms with Crippen LogP contribution in [0.4, 0.5) is 13.2 Å². The number of aliphatic hydroxyl groups excluding tert-OH is 1. The zero-order valence-electron chi connectivity index (χ0n) is 5.47. The smallest absolute Gasteiger partial charge is 0.379 e. The first-order valence-electron chi connectivity index (χ1n) is 2.77. The highest BCUT2D eigenvalue weighted by Crippen LogP contribution is 2.35. The van der Waals surface area contributed by atoms with E-state index in [0.717, 1.165) is 6.20 Å². The fourth-order valence-electron chi connectivity index (χ4n) is 0.552. The summed E-state index contributed by atoms with van der Waals surface area (Å²) < 4.78 is 35.5. The average Bonchev–Trinajstić information content (AvgIpc) is 2.32. The van der Waals surface area contributed by atoms with E-state index in [-0.39, 0.29) is 9.34 Å². The Labute approximate surface area is 74.6 Å². The van der Waals surface area contributed by atoms with E-state index in [0.29, 0.717) is 11.3 Å². The lowest BCUT2D eigenvalue weighted by atomic mass is 10.3. The van der Waals surface area contributed by atoms with Crippen LogP contribution in [-0.2, 0) is 0 Å². The van der Waals surface area contributed by atoms with Gasteiger partial charge >= 0.3 is 6.18 Å². The molecule has 7 heteroatoms. The number of alkyl halides is 3. The summed E-state index contributed by atoms with van der Waals surface area (Å²) in [7, 11) is 0. The van der Waals surface area contributed by atoms with Crippen LogP contribution in [0.5, 0.6) is 0 Å². The third-order valence-electron chi connectivity index (χ3n) is 1.07. The number of hydrogen-bond donors (Lipinski definition) is 1. The van der Waals surface area contributed by atoms with Gasteiger partial charge in [-0.2, -0.15) is 13.2 Å². The van der Waals surface area contributed by atoms with Crippen molar-refractivity contribution in [1.82, 2.24) is 4.98 Å². The van der Waals surface area contributed by atoms with E-state index in [9.17, 15) is 13.2 Å². The van der Waals surface area contributed by atoms with Gasteiger partial charge in [0.1, 0.15) is 0 Å². The van der Waals surface area contributed by atoms with E-state index in [2.05, 4.69) is 4.98 Å². The third kappa shape index (κ3) is 2.09. The van der Waals surface area contributed by atoms with E-state index in [1.165, 1.54) is 0 Å². The number of aromatic nitrogens is 1. The Morgan fingerprint density at radius 1 is 1.58 bits per heavy atom. The molecule has 68 valence electrons. The number of aliphatic hydroxyl groups is 1. The molecular weight excluding hydrogens is 215 g/mol.